The number of alkyl halides is 1. The molecule has 82 valence electrons. The first-order valence-electron chi connectivity index (χ1n) is 5.58. The first kappa shape index (κ1) is 12.3. The van der Waals surface area contributed by atoms with Gasteiger partial charge < -0.3 is 4.74 Å². The molecular weight excluding hydrogens is 240 g/mol. The highest BCUT2D eigenvalue weighted by atomic mass is 79.9. The van der Waals surface area contributed by atoms with Gasteiger partial charge in [-0.05, 0) is 19.8 Å². The van der Waals surface area contributed by atoms with Crippen LogP contribution in [0.1, 0.15) is 39.0 Å². The van der Waals surface area contributed by atoms with E-state index < -0.39 is 0 Å². The third-order valence-electron chi connectivity index (χ3n) is 3.06. The van der Waals surface area contributed by atoms with Gasteiger partial charge in [0.05, 0.1) is 13.2 Å². The van der Waals surface area contributed by atoms with E-state index in [1.807, 2.05) is 13.0 Å². The van der Waals surface area contributed by atoms with Crippen molar-refractivity contribution in [3.05, 3.63) is 12.2 Å². The quantitative estimate of drug-likeness (QED) is 0.414. The van der Waals surface area contributed by atoms with Gasteiger partial charge in [-0.1, -0.05) is 47.3 Å². The molecule has 0 aromatic rings. The maximum absolute atomic E-state index is 5.69. The number of hydrogen-bond donors (Lipinski definition) is 0. The first-order chi connectivity index (χ1) is 6.83. The van der Waals surface area contributed by atoms with Crippen LogP contribution in [-0.2, 0) is 4.74 Å². The molecule has 0 unspecified atom stereocenters. The Morgan fingerprint density at radius 3 is 2.57 bits per heavy atom. The normalized spacial score (nSPS) is 21.6. The minimum absolute atomic E-state index is 0.430. The van der Waals surface area contributed by atoms with E-state index in [-0.39, 0.29) is 0 Å². The first-order valence-corrected chi connectivity index (χ1v) is 6.70. The molecule has 0 amide bonds. The highest BCUT2D eigenvalue weighted by molar-refractivity contribution is 9.09. The summed E-state index contributed by atoms with van der Waals surface area (Å²) in [5.41, 5.74) is 0.430. The molecule has 1 aliphatic carbocycles. The van der Waals surface area contributed by atoms with Gasteiger partial charge in [-0.15, -0.1) is 0 Å². The predicted octanol–water partition coefficient (Wildman–Crippen LogP) is 3.92. The van der Waals surface area contributed by atoms with Gasteiger partial charge in [0, 0.05) is 10.7 Å². The average molecular weight is 261 g/mol. The number of ether oxygens (including phenoxy) is 1. The SMILES string of the molecule is CC=CCOCC1(CBr)CCCCC1. The molecule has 0 aromatic carbocycles. The van der Waals surface area contributed by atoms with Gasteiger partial charge in [0.15, 0.2) is 0 Å². The lowest BCUT2D eigenvalue weighted by atomic mass is 9.76. The molecule has 0 spiro atoms. The highest BCUT2D eigenvalue weighted by Gasteiger charge is 2.30. The Morgan fingerprint density at radius 2 is 2.00 bits per heavy atom. The van der Waals surface area contributed by atoms with Crippen molar-refractivity contribution in [2.24, 2.45) is 5.41 Å². The number of allylic oxidation sites excluding steroid dienone is 1. The third-order valence-corrected chi connectivity index (χ3v) is 4.25. The molecule has 0 saturated heterocycles. The predicted molar refractivity (Wildman–Crippen MR) is 64.9 cm³/mol. The Bertz CT molecular complexity index is 171. The summed E-state index contributed by atoms with van der Waals surface area (Å²) in [5, 5.41) is 1.09. The van der Waals surface area contributed by atoms with Crippen LogP contribution >= 0.6 is 15.9 Å². The van der Waals surface area contributed by atoms with Crippen LogP contribution in [0.4, 0.5) is 0 Å². The molecule has 1 fully saturated rings. The van der Waals surface area contributed by atoms with E-state index in [9.17, 15) is 0 Å². The summed E-state index contributed by atoms with van der Waals surface area (Å²) in [5.74, 6) is 0. The minimum atomic E-state index is 0.430. The molecule has 0 radical (unpaired) electrons. The van der Waals surface area contributed by atoms with Crippen molar-refractivity contribution in [2.75, 3.05) is 18.5 Å². The van der Waals surface area contributed by atoms with Crippen molar-refractivity contribution in [2.45, 2.75) is 39.0 Å². The fraction of sp³-hybridized carbons (Fsp3) is 0.833. The summed E-state index contributed by atoms with van der Waals surface area (Å²) in [6.07, 6.45) is 10.9. The third kappa shape index (κ3) is 3.74. The molecule has 0 aromatic heterocycles. The molecule has 0 N–H and O–H groups in total. The van der Waals surface area contributed by atoms with E-state index >= 15 is 0 Å². The van der Waals surface area contributed by atoms with Crippen LogP contribution < -0.4 is 0 Å². The minimum Gasteiger partial charge on any atom is -0.377 e. The molecule has 1 saturated carbocycles. The van der Waals surface area contributed by atoms with Crippen LogP contribution in [0.2, 0.25) is 0 Å². The van der Waals surface area contributed by atoms with E-state index in [0.717, 1.165) is 18.5 Å². The zero-order valence-corrected chi connectivity index (χ0v) is 10.7. The fourth-order valence-electron chi connectivity index (χ4n) is 2.06. The highest BCUT2D eigenvalue weighted by Crippen LogP contribution is 2.37. The number of halogens is 1. The molecule has 2 heteroatoms. The van der Waals surface area contributed by atoms with Crippen molar-refractivity contribution in [3.8, 4) is 0 Å². The Morgan fingerprint density at radius 1 is 1.29 bits per heavy atom. The van der Waals surface area contributed by atoms with Crippen LogP contribution in [0, 0.1) is 5.41 Å². The maximum atomic E-state index is 5.69. The van der Waals surface area contributed by atoms with Crippen LogP contribution in [0.15, 0.2) is 12.2 Å². The molecular formula is C12H21BrO. The molecule has 0 heterocycles. The lowest BCUT2D eigenvalue weighted by Gasteiger charge is -2.35. The largest absolute Gasteiger partial charge is 0.377 e. The zero-order chi connectivity index (χ0) is 10.3. The van der Waals surface area contributed by atoms with Gasteiger partial charge in [0.1, 0.15) is 0 Å². The molecule has 1 rings (SSSR count). The Hall–Kier alpha value is 0.180. The van der Waals surface area contributed by atoms with Crippen molar-refractivity contribution in [1.29, 1.82) is 0 Å². The molecule has 0 aliphatic heterocycles. The van der Waals surface area contributed by atoms with E-state index in [4.69, 9.17) is 4.74 Å². The smallest absolute Gasteiger partial charge is 0.0647 e. The summed E-state index contributed by atoms with van der Waals surface area (Å²) in [6, 6.07) is 0. The van der Waals surface area contributed by atoms with Gasteiger partial charge in [0.25, 0.3) is 0 Å². The van der Waals surface area contributed by atoms with Crippen LogP contribution in [0.5, 0.6) is 0 Å². The van der Waals surface area contributed by atoms with Crippen LogP contribution in [0.3, 0.4) is 0 Å². The van der Waals surface area contributed by atoms with Gasteiger partial charge in [-0.3, -0.25) is 0 Å². The standard InChI is InChI=1S/C12H21BrO/c1-2-3-9-14-11-12(10-13)7-5-4-6-8-12/h2-3H,4-11H2,1H3. The second-order valence-corrected chi connectivity index (χ2v) is 4.84. The second-order valence-electron chi connectivity index (χ2n) is 4.28. The average Bonchev–Trinajstić information content (AvgIpc) is 2.26. The summed E-state index contributed by atoms with van der Waals surface area (Å²) in [6.45, 7) is 3.72. The lowest BCUT2D eigenvalue weighted by molar-refractivity contribution is 0.0492. The molecule has 0 atom stereocenters. The van der Waals surface area contributed by atoms with E-state index in [0.29, 0.717) is 5.41 Å². The molecule has 0 bridgehead atoms. The zero-order valence-electron chi connectivity index (χ0n) is 9.10. The van der Waals surface area contributed by atoms with Crippen molar-refractivity contribution in [3.63, 3.8) is 0 Å². The van der Waals surface area contributed by atoms with Crippen molar-refractivity contribution in [1.82, 2.24) is 0 Å². The molecule has 1 aliphatic rings. The lowest BCUT2D eigenvalue weighted by Crippen LogP contribution is -2.31. The topological polar surface area (TPSA) is 9.23 Å². The summed E-state index contributed by atoms with van der Waals surface area (Å²) >= 11 is 3.64. The van der Waals surface area contributed by atoms with E-state index in [2.05, 4.69) is 22.0 Å². The van der Waals surface area contributed by atoms with Crippen molar-refractivity contribution >= 4 is 15.9 Å². The summed E-state index contributed by atoms with van der Waals surface area (Å²) < 4.78 is 5.69. The number of rotatable bonds is 5. The Kier molecular flexibility index (Phi) is 5.80. The second kappa shape index (κ2) is 6.62. The van der Waals surface area contributed by atoms with Gasteiger partial charge >= 0.3 is 0 Å². The van der Waals surface area contributed by atoms with E-state index in [1.165, 1.54) is 32.1 Å². The van der Waals surface area contributed by atoms with Gasteiger partial charge in [-0.2, -0.15) is 0 Å². The van der Waals surface area contributed by atoms with Gasteiger partial charge in [-0.25, -0.2) is 0 Å². The van der Waals surface area contributed by atoms with Crippen molar-refractivity contribution < 1.29 is 4.74 Å². The van der Waals surface area contributed by atoms with Gasteiger partial charge in [0.2, 0.25) is 0 Å². The van der Waals surface area contributed by atoms with Crippen LogP contribution in [-0.4, -0.2) is 18.5 Å². The molecule has 1 nitrogen and oxygen atoms in total. The summed E-state index contributed by atoms with van der Waals surface area (Å²) in [7, 11) is 0. The van der Waals surface area contributed by atoms with Crippen LogP contribution in [0.25, 0.3) is 0 Å². The molecule has 14 heavy (non-hydrogen) atoms. The fourth-order valence-corrected chi connectivity index (χ4v) is 2.78. The Balaban J connectivity index is 2.28. The monoisotopic (exact) mass is 260 g/mol. The maximum Gasteiger partial charge on any atom is 0.0647 e. The van der Waals surface area contributed by atoms with E-state index in [1.54, 1.807) is 0 Å². The summed E-state index contributed by atoms with van der Waals surface area (Å²) in [4.78, 5) is 0. The Labute approximate surface area is 96.0 Å². The number of hydrogen-bond acceptors (Lipinski definition) is 1.